The van der Waals surface area contributed by atoms with Crippen LogP contribution in [-0.4, -0.2) is 63.3 Å². The Morgan fingerprint density at radius 2 is 1.90 bits per heavy atom. The highest BCUT2D eigenvalue weighted by molar-refractivity contribution is 5.76. The van der Waals surface area contributed by atoms with E-state index in [4.69, 9.17) is 4.74 Å². The second kappa shape index (κ2) is 11.6. The van der Waals surface area contributed by atoms with Crippen molar-refractivity contribution in [3.05, 3.63) is 29.8 Å². The minimum Gasteiger partial charge on any atom is -0.385 e. The van der Waals surface area contributed by atoms with Crippen molar-refractivity contribution in [1.29, 1.82) is 0 Å². The van der Waals surface area contributed by atoms with Gasteiger partial charge in [-0.2, -0.15) is 0 Å². The summed E-state index contributed by atoms with van der Waals surface area (Å²) in [5, 5.41) is 3.22. The van der Waals surface area contributed by atoms with Crippen molar-refractivity contribution in [3.63, 3.8) is 0 Å². The van der Waals surface area contributed by atoms with Gasteiger partial charge in [0.25, 0.3) is 0 Å². The van der Waals surface area contributed by atoms with Gasteiger partial charge in [0.15, 0.2) is 0 Å². The van der Waals surface area contributed by atoms with Gasteiger partial charge in [0.2, 0.25) is 5.91 Å². The van der Waals surface area contributed by atoms with E-state index in [1.54, 1.807) is 7.11 Å². The topological polar surface area (TPSA) is 44.8 Å². The molecule has 0 unspecified atom stereocenters. The lowest BCUT2D eigenvalue weighted by molar-refractivity contribution is -0.122. The van der Waals surface area contributed by atoms with Crippen molar-refractivity contribution in [2.45, 2.75) is 57.9 Å². The van der Waals surface area contributed by atoms with E-state index in [2.05, 4.69) is 46.3 Å². The number of anilines is 1. The van der Waals surface area contributed by atoms with Gasteiger partial charge < -0.3 is 15.0 Å². The van der Waals surface area contributed by atoms with Crippen LogP contribution in [0, 0.1) is 12.8 Å². The molecule has 0 radical (unpaired) electrons. The number of methoxy groups -OCH3 is 1. The maximum Gasteiger partial charge on any atom is 0.220 e. The molecule has 1 aromatic rings. The molecule has 1 heterocycles. The summed E-state index contributed by atoms with van der Waals surface area (Å²) in [5.74, 6) is 1.02. The third kappa shape index (κ3) is 7.31. The molecule has 1 aromatic carbocycles. The smallest absolute Gasteiger partial charge is 0.220 e. The van der Waals surface area contributed by atoms with Crippen LogP contribution < -0.4 is 10.2 Å². The second-order valence-electron chi connectivity index (χ2n) is 8.84. The number of rotatable bonds is 9. The van der Waals surface area contributed by atoms with E-state index in [0.29, 0.717) is 19.1 Å². The second-order valence-corrected chi connectivity index (χ2v) is 8.84. The van der Waals surface area contributed by atoms with Crippen LogP contribution >= 0.6 is 0 Å². The summed E-state index contributed by atoms with van der Waals surface area (Å²) in [7, 11) is 1.68. The van der Waals surface area contributed by atoms with Crippen LogP contribution in [0.2, 0.25) is 0 Å². The van der Waals surface area contributed by atoms with Gasteiger partial charge in [-0.05, 0) is 75.6 Å². The van der Waals surface area contributed by atoms with E-state index in [9.17, 15) is 4.79 Å². The van der Waals surface area contributed by atoms with Gasteiger partial charge in [-0.25, -0.2) is 0 Å². The number of piperazine rings is 1. The number of nitrogens with one attached hydrogen (secondary N) is 1. The zero-order valence-electron chi connectivity index (χ0n) is 18.4. The molecule has 0 spiro atoms. The van der Waals surface area contributed by atoms with Crippen LogP contribution in [0.4, 0.5) is 5.69 Å². The molecule has 0 bridgehead atoms. The number of aryl methyl sites for hydroxylation is 1. The molecule has 0 aromatic heterocycles. The normalized spacial score (nSPS) is 23.2. The zero-order chi connectivity index (χ0) is 20.5. The Balaban J connectivity index is 1.29. The van der Waals surface area contributed by atoms with E-state index in [0.717, 1.165) is 38.3 Å². The molecule has 2 aliphatic rings. The monoisotopic (exact) mass is 401 g/mol. The minimum atomic E-state index is 0.192. The SMILES string of the molecule is COCCCC(=O)N[C@H]1CC[C@H](CCN2CCN(c3cccc(C)c3)CC2)CC1. The molecule has 29 heavy (non-hydrogen) atoms. The van der Waals surface area contributed by atoms with Crippen LogP contribution in [0.3, 0.4) is 0 Å². The van der Waals surface area contributed by atoms with Crippen LogP contribution in [0.25, 0.3) is 0 Å². The first kappa shape index (κ1) is 22.1. The highest BCUT2D eigenvalue weighted by Crippen LogP contribution is 2.27. The molecule has 1 aliphatic heterocycles. The fourth-order valence-electron chi connectivity index (χ4n) is 4.69. The molecule has 5 nitrogen and oxygen atoms in total. The molecule has 5 heteroatoms. The number of carbonyl (C=O) groups is 1. The number of carbonyl (C=O) groups excluding carboxylic acids is 1. The van der Waals surface area contributed by atoms with Crippen LogP contribution in [0.15, 0.2) is 24.3 Å². The maximum atomic E-state index is 12.0. The Morgan fingerprint density at radius 1 is 1.14 bits per heavy atom. The van der Waals surface area contributed by atoms with E-state index in [-0.39, 0.29) is 5.91 Å². The van der Waals surface area contributed by atoms with Gasteiger partial charge in [0, 0.05) is 58.0 Å². The summed E-state index contributed by atoms with van der Waals surface area (Å²) in [6, 6.07) is 9.25. The molecular weight excluding hydrogens is 362 g/mol. The van der Waals surface area contributed by atoms with E-state index in [1.807, 2.05) is 0 Å². The quantitative estimate of drug-likeness (QED) is 0.642. The first-order valence-electron chi connectivity index (χ1n) is 11.5. The lowest BCUT2D eigenvalue weighted by Crippen LogP contribution is -2.47. The third-order valence-corrected chi connectivity index (χ3v) is 6.56. The number of nitrogens with zero attached hydrogens (tertiary/aromatic N) is 2. The van der Waals surface area contributed by atoms with Gasteiger partial charge >= 0.3 is 0 Å². The maximum absolute atomic E-state index is 12.0. The zero-order valence-corrected chi connectivity index (χ0v) is 18.4. The van der Waals surface area contributed by atoms with Crippen LogP contribution in [0.5, 0.6) is 0 Å². The van der Waals surface area contributed by atoms with Crippen molar-refractivity contribution in [3.8, 4) is 0 Å². The molecule has 162 valence electrons. The van der Waals surface area contributed by atoms with Crippen molar-refractivity contribution < 1.29 is 9.53 Å². The summed E-state index contributed by atoms with van der Waals surface area (Å²) in [5.41, 5.74) is 2.71. The average Bonchev–Trinajstić information content (AvgIpc) is 2.74. The fourth-order valence-corrected chi connectivity index (χ4v) is 4.69. The minimum absolute atomic E-state index is 0.192. The van der Waals surface area contributed by atoms with Crippen molar-refractivity contribution in [2.75, 3.05) is 51.3 Å². The van der Waals surface area contributed by atoms with E-state index in [1.165, 1.54) is 50.1 Å². The van der Waals surface area contributed by atoms with Gasteiger partial charge in [-0.3, -0.25) is 9.69 Å². The van der Waals surface area contributed by atoms with Crippen LogP contribution in [0.1, 0.15) is 50.5 Å². The third-order valence-electron chi connectivity index (χ3n) is 6.56. The lowest BCUT2D eigenvalue weighted by Gasteiger charge is -2.37. The predicted molar refractivity (Wildman–Crippen MR) is 119 cm³/mol. The molecule has 1 saturated carbocycles. The largest absolute Gasteiger partial charge is 0.385 e. The molecule has 1 aliphatic carbocycles. The molecular formula is C24H39N3O2. The number of benzene rings is 1. The summed E-state index contributed by atoms with van der Waals surface area (Å²) in [4.78, 5) is 17.1. The molecule has 1 saturated heterocycles. The lowest BCUT2D eigenvalue weighted by atomic mass is 9.84. The van der Waals surface area contributed by atoms with Gasteiger partial charge in [0.05, 0.1) is 0 Å². The number of hydrogen-bond acceptors (Lipinski definition) is 4. The van der Waals surface area contributed by atoms with Gasteiger partial charge in [-0.15, -0.1) is 0 Å². The van der Waals surface area contributed by atoms with Crippen molar-refractivity contribution >= 4 is 11.6 Å². The molecule has 3 rings (SSSR count). The van der Waals surface area contributed by atoms with Gasteiger partial charge in [0.1, 0.15) is 0 Å². The van der Waals surface area contributed by atoms with Crippen molar-refractivity contribution in [1.82, 2.24) is 10.2 Å². The first-order valence-corrected chi connectivity index (χ1v) is 11.5. The Kier molecular flexibility index (Phi) is 8.81. The first-order chi connectivity index (χ1) is 14.1. The fraction of sp³-hybridized carbons (Fsp3) is 0.708. The van der Waals surface area contributed by atoms with Gasteiger partial charge in [-0.1, -0.05) is 12.1 Å². The van der Waals surface area contributed by atoms with E-state index < -0.39 is 0 Å². The molecule has 2 fully saturated rings. The highest BCUT2D eigenvalue weighted by atomic mass is 16.5. The highest BCUT2D eigenvalue weighted by Gasteiger charge is 2.24. The summed E-state index contributed by atoms with van der Waals surface area (Å²) < 4.78 is 5.02. The molecule has 1 amide bonds. The summed E-state index contributed by atoms with van der Waals surface area (Å²) >= 11 is 0. The van der Waals surface area contributed by atoms with Crippen molar-refractivity contribution in [2.24, 2.45) is 5.92 Å². The Morgan fingerprint density at radius 3 is 2.59 bits per heavy atom. The predicted octanol–water partition coefficient (Wildman–Crippen LogP) is 3.61. The molecule has 0 atom stereocenters. The van der Waals surface area contributed by atoms with Crippen LogP contribution in [-0.2, 0) is 9.53 Å². The molecule has 1 N–H and O–H groups in total. The average molecular weight is 402 g/mol. The number of hydrogen-bond donors (Lipinski definition) is 1. The number of amides is 1. The Bertz CT molecular complexity index is 620. The Labute approximate surface area is 176 Å². The van der Waals surface area contributed by atoms with E-state index >= 15 is 0 Å². The standard InChI is InChI=1S/C24H39N3O2/c1-20-5-3-6-23(19-20)27-16-14-26(15-17-27)13-12-21-8-10-22(11-9-21)25-24(28)7-4-18-29-2/h3,5-6,19,21-22H,4,7-18H2,1-2H3,(H,25,28)/t21-,22-. The Hall–Kier alpha value is -1.59. The summed E-state index contributed by atoms with van der Waals surface area (Å²) in [6.07, 6.45) is 7.50. The number of ether oxygens (including phenoxy) is 1. The summed E-state index contributed by atoms with van der Waals surface area (Å²) in [6.45, 7) is 8.65.